The molecule has 0 aromatic heterocycles. The van der Waals surface area contributed by atoms with E-state index >= 15 is 0 Å². The Morgan fingerprint density at radius 3 is 1.18 bits per heavy atom. The third-order valence-corrected chi connectivity index (χ3v) is 10.9. The Kier molecular flexibility index (Phi) is 38.0. The third-order valence-electron chi connectivity index (χ3n) is 9.64. The maximum absolute atomic E-state index is 12.6. The second kappa shape index (κ2) is 38.8. The molecule has 0 radical (unpaired) electrons. The van der Waals surface area contributed by atoms with E-state index in [1.807, 2.05) is 0 Å². The van der Waals surface area contributed by atoms with Crippen LogP contribution in [0.5, 0.6) is 0 Å². The molecule has 0 amide bonds. The quantitative estimate of drug-likeness (QED) is 0.0374. The van der Waals surface area contributed by atoms with Crippen molar-refractivity contribution >= 4 is 19.5 Å². The highest BCUT2D eigenvalue weighted by molar-refractivity contribution is 7.52. The summed E-state index contributed by atoms with van der Waals surface area (Å²) in [5, 5.41) is 0. The Bertz CT molecular complexity index is 812. The Balaban J connectivity index is 4.11. The van der Waals surface area contributed by atoms with E-state index in [-0.39, 0.29) is 38.3 Å². The lowest BCUT2D eigenvalue weighted by Crippen LogP contribution is -2.29. The molecule has 0 heterocycles. The third kappa shape index (κ3) is 38.6. The van der Waals surface area contributed by atoms with Crippen LogP contribution in [0.25, 0.3) is 0 Å². The first-order chi connectivity index (χ1) is 24.8. The lowest BCUT2D eigenvalue weighted by molar-refractivity contribution is -0.161. The lowest BCUT2D eigenvalue weighted by Gasteiger charge is -2.20. The molecule has 0 saturated carbocycles. The van der Waals surface area contributed by atoms with E-state index in [9.17, 15) is 14.2 Å². The van der Waals surface area contributed by atoms with Crippen molar-refractivity contribution in [3.63, 3.8) is 0 Å². The monoisotopic (exact) mass is 746 g/mol. The van der Waals surface area contributed by atoms with Crippen molar-refractivity contribution in [1.29, 1.82) is 0 Å². The number of carbonyl (C=O) groups excluding carboxylic acids is 2. The number of esters is 2. The number of hydrogen-bond donors (Lipinski definition) is 1. The highest BCUT2D eigenvalue weighted by Gasteiger charge is 2.23. The van der Waals surface area contributed by atoms with Crippen molar-refractivity contribution in [2.75, 3.05) is 33.0 Å². The summed E-state index contributed by atoms with van der Waals surface area (Å²) < 4.78 is 34.3. The molecule has 0 bridgehead atoms. The number of hydrogen-bond acceptors (Lipinski definition) is 8. The predicted octanol–water partition coefficient (Wildman–Crippen LogP) is 12.8. The zero-order valence-corrected chi connectivity index (χ0v) is 34.8. The fraction of sp³-hybridized carbons (Fsp3) is 0.952. The average Bonchev–Trinajstić information content (AvgIpc) is 3.11. The summed E-state index contributed by atoms with van der Waals surface area (Å²) >= 11 is 0. The van der Waals surface area contributed by atoms with Crippen LogP contribution >= 0.6 is 7.60 Å². The molecule has 0 fully saturated rings. The summed E-state index contributed by atoms with van der Waals surface area (Å²) in [6.45, 7) is 5.92. The zero-order chi connectivity index (χ0) is 37.5. The summed E-state index contributed by atoms with van der Waals surface area (Å²) in [4.78, 5) is 25.1. The largest absolute Gasteiger partial charge is 0.462 e. The molecule has 0 rings (SSSR count). The highest BCUT2D eigenvalue weighted by atomic mass is 31.2. The molecular weight excluding hydrogens is 661 g/mol. The van der Waals surface area contributed by atoms with Gasteiger partial charge in [-0.2, -0.15) is 0 Å². The summed E-state index contributed by atoms with van der Waals surface area (Å²) in [5.41, 5.74) is 5.45. The molecule has 0 aliphatic rings. The molecule has 0 spiro atoms. The normalized spacial score (nSPS) is 13.3. The van der Waals surface area contributed by atoms with E-state index in [4.69, 9.17) is 24.3 Å². The van der Waals surface area contributed by atoms with E-state index in [1.54, 1.807) is 0 Å². The van der Waals surface area contributed by atoms with Gasteiger partial charge in [0.25, 0.3) is 0 Å². The number of ether oxygens (including phenoxy) is 2. The molecule has 304 valence electrons. The zero-order valence-electron chi connectivity index (χ0n) is 33.9. The van der Waals surface area contributed by atoms with Crippen molar-refractivity contribution < 1.29 is 32.7 Å². The van der Waals surface area contributed by atoms with Crippen LogP contribution in [0.3, 0.4) is 0 Å². The van der Waals surface area contributed by atoms with E-state index in [0.29, 0.717) is 12.8 Å². The van der Waals surface area contributed by atoms with Gasteiger partial charge >= 0.3 is 19.5 Å². The SMILES string of the molecule is CCCCCCCCCCCCCCCCCC(=O)OCC(COP(C)(=O)OCCN)OC(=O)CCCCCCCCCCCCCCCCC. The minimum absolute atomic E-state index is 0.103. The van der Waals surface area contributed by atoms with Gasteiger partial charge in [0.15, 0.2) is 6.10 Å². The van der Waals surface area contributed by atoms with Gasteiger partial charge < -0.3 is 24.3 Å². The molecule has 0 aliphatic heterocycles. The second-order valence-electron chi connectivity index (χ2n) is 14.9. The van der Waals surface area contributed by atoms with Crippen LogP contribution in [-0.4, -0.2) is 51.1 Å². The highest BCUT2D eigenvalue weighted by Crippen LogP contribution is 2.43. The smallest absolute Gasteiger partial charge is 0.327 e. The predicted molar refractivity (Wildman–Crippen MR) is 214 cm³/mol. The topological polar surface area (TPSA) is 114 Å². The van der Waals surface area contributed by atoms with E-state index < -0.39 is 13.7 Å². The second-order valence-corrected chi connectivity index (χ2v) is 16.9. The fourth-order valence-electron chi connectivity index (χ4n) is 6.37. The maximum Gasteiger partial charge on any atom is 0.327 e. The number of nitrogens with two attached hydrogens (primary N) is 1. The molecule has 2 unspecified atom stereocenters. The van der Waals surface area contributed by atoms with E-state index in [1.165, 1.54) is 161 Å². The van der Waals surface area contributed by atoms with Crippen molar-refractivity contribution in [2.45, 2.75) is 225 Å². The molecule has 51 heavy (non-hydrogen) atoms. The molecule has 8 nitrogen and oxygen atoms in total. The van der Waals surface area contributed by atoms with Gasteiger partial charge in [-0.05, 0) is 12.8 Å². The Hall–Kier alpha value is -0.950. The van der Waals surface area contributed by atoms with Crippen molar-refractivity contribution in [1.82, 2.24) is 0 Å². The number of unbranched alkanes of at least 4 members (excludes halogenated alkanes) is 28. The van der Waals surface area contributed by atoms with Gasteiger partial charge in [0.1, 0.15) is 6.61 Å². The maximum atomic E-state index is 12.6. The minimum Gasteiger partial charge on any atom is -0.462 e. The Morgan fingerprint density at radius 2 is 0.824 bits per heavy atom. The van der Waals surface area contributed by atoms with Gasteiger partial charge in [0, 0.05) is 26.1 Å². The van der Waals surface area contributed by atoms with Crippen LogP contribution in [-0.2, 0) is 32.7 Å². The van der Waals surface area contributed by atoms with E-state index in [2.05, 4.69) is 13.8 Å². The van der Waals surface area contributed by atoms with Crippen LogP contribution in [0.15, 0.2) is 0 Å². The Labute approximate surface area is 315 Å². The molecule has 0 aromatic carbocycles. The first kappa shape index (κ1) is 50.1. The summed E-state index contributed by atoms with van der Waals surface area (Å²) in [5.74, 6) is -0.669. The molecule has 2 N–H and O–H groups in total. The molecule has 0 aliphatic carbocycles. The molecule has 9 heteroatoms. The van der Waals surface area contributed by atoms with Crippen molar-refractivity contribution in [2.24, 2.45) is 5.73 Å². The first-order valence-electron chi connectivity index (χ1n) is 21.8. The number of rotatable bonds is 41. The van der Waals surface area contributed by atoms with Crippen LogP contribution in [0, 0.1) is 0 Å². The molecule has 2 atom stereocenters. The van der Waals surface area contributed by atoms with Crippen LogP contribution in [0.4, 0.5) is 0 Å². The van der Waals surface area contributed by atoms with Gasteiger partial charge in [0.05, 0.1) is 13.2 Å². The fourth-order valence-corrected chi connectivity index (χ4v) is 7.32. The summed E-state index contributed by atoms with van der Waals surface area (Å²) in [6.07, 6.45) is 37.8. The lowest BCUT2D eigenvalue weighted by atomic mass is 10.0. The van der Waals surface area contributed by atoms with Gasteiger partial charge in [-0.1, -0.05) is 194 Å². The minimum atomic E-state index is -3.37. The van der Waals surface area contributed by atoms with E-state index in [0.717, 1.165) is 38.5 Å². The van der Waals surface area contributed by atoms with Crippen molar-refractivity contribution in [3.8, 4) is 0 Å². The summed E-state index contributed by atoms with van der Waals surface area (Å²) in [6, 6.07) is 0. The average molecular weight is 746 g/mol. The van der Waals surface area contributed by atoms with Gasteiger partial charge in [-0.15, -0.1) is 0 Å². The van der Waals surface area contributed by atoms with Gasteiger partial charge in [-0.25, -0.2) is 0 Å². The van der Waals surface area contributed by atoms with Crippen LogP contribution in [0.2, 0.25) is 0 Å². The molecule has 0 aromatic rings. The van der Waals surface area contributed by atoms with Crippen molar-refractivity contribution in [3.05, 3.63) is 0 Å². The summed E-state index contributed by atoms with van der Waals surface area (Å²) in [7, 11) is -3.37. The van der Waals surface area contributed by atoms with Gasteiger partial charge in [0.2, 0.25) is 0 Å². The standard InChI is InChI=1S/C42H84NO7P/c1-4-6-8-10-12-14-16-18-20-22-24-26-28-30-32-34-41(44)47-38-40(39-49-51(3,46)48-37-36-43)50-42(45)35-33-31-29-27-25-23-21-19-17-15-13-11-9-7-5-2/h40H,4-39,43H2,1-3H3. The number of carbonyl (C=O) groups is 2. The first-order valence-corrected chi connectivity index (χ1v) is 23.7. The van der Waals surface area contributed by atoms with Crippen LogP contribution in [0.1, 0.15) is 219 Å². The van der Waals surface area contributed by atoms with Gasteiger partial charge in [-0.3, -0.25) is 14.2 Å². The molecule has 0 saturated heterocycles. The van der Waals surface area contributed by atoms with Crippen LogP contribution < -0.4 is 5.73 Å². The molecular formula is C42H84NO7P. The Morgan fingerprint density at radius 1 is 0.490 bits per heavy atom.